The molecule has 0 spiro atoms. The molecule has 0 unspecified atom stereocenters. The highest BCUT2D eigenvalue weighted by molar-refractivity contribution is 5.95. The molecular formula is C33H32FNO6. The lowest BCUT2D eigenvalue weighted by molar-refractivity contribution is -0.138. The van der Waals surface area contributed by atoms with Crippen LogP contribution in [0.2, 0.25) is 0 Å². The fourth-order valence-corrected chi connectivity index (χ4v) is 4.67. The van der Waals surface area contributed by atoms with Gasteiger partial charge in [0.05, 0.1) is 5.52 Å². The quantitative estimate of drug-likeness (QED) is 0.131. The van der Waals surface area contributed by atoms with Crippen molar-refractivity contribution >= 4 is 35.0 Å². The highest BCUT2D eigenvalue weighted by atomic mass is 19.1. The van der Waals surface area contributed by atoms with E-state index in [9.17, 15) is 19.1 Å². The van der Waals surface area contributed by atoms with Crippen LogP contribution in [0, 0.1) is 12.7 Å². The number of para-hydroxylation sites is 1. The lowest BCUT2D eigenvalue weighted by Gasteiger charge is -2.08. The molecule has 0 aliphatic carbocycles. The molecule has 0 amide bonds. The first-order valence-corrected chi connectivity index (χ1v) is 13.3. The van der Waals surface area contributed by atoms with Crippen LogP contribution in [0.5, 0.6) is 11.5 Å². The molecular weight excluding hydrogens is 525 g/mol. The van der Waals surface area contributed by atoms with Crippen molar-refractivity contribution in [2.45, 2.75) is 32.7 Å². The fraction of sp³-hybridized carbons (Fsp3) is 0.212. The standard InChI is InChI=1S/C33H32FNO6/c1-23-29(10-7-11-31(36)37)30-21-26(34)20-25(33(30)35(23)22-32(38)39)15-12-24-13-16-28(17-14-24)41-19-6-5-18-40-27-8-3-2-4-9-27/h2-6,8-9,12-17,20-21H,7,10-11,18-19,22H2,1H3,(H,36,37)(H,38,39)/b6-5+,15-12?. The van der Waals surface area contributed by atoms with E-state index in [4.69, 9.17) is 14.6 Å². The number of carboxylic acids is 2. The summed E-state index contributed by atoms with van der Waals surface area (Å²) in [4.78, 5) is 22.6. The molecule has 0 saturated heterocycles. The van der Waals surface area contributed by atoms with Crippen molar-refractivity contribution in [1.29, 1.82) is 0 Å². The molecule has 0 atom stereocenters. The number of aromatic nitrogens is 1. The third-order valence-corrected chi connectivity index (χ3v) is 6.59. The number of nitrogens with zero attached hydrogens (tertiary/aromatic N) is 1. The van der Waals surface area contributed by atoms with E-state index in [0.717, 1.165) is 16.9 Å². The van der Waals surface area contributed by atoms with Crippen LogP contribution in [0.15, 0.2) is 78.9 Å². The van der Waals surface area contributed by atoms with E-state index in [-0.39, 0.29) is 13.0 Å². The minimum Gasteiger partial charge on any atom is -0.490 e. The second-order valence-corrected chi connectivity index (χ2v) is 9.49. The Labute approximate surface area is 237 Å². The van der Waals surface area contributed by atoms with Gasteiger partial charge in [0.1, 0.15) is 37.1 Å². The van der Waals surface area contributed by atoms with Gasteiger partial charge in [-0.05, 0) is 79.4 Å². The maximum atomic E-state index is 14.7. The number of fused-ring (bicyclic) bond motifs is 1. The molecule has 0 fully saturated rings. The monoisotopic (exact) mass is 557 g/mol. The number of hydrogen-bond donors (Lipinski definition) is 2. The Hall–Kier alpha value is -4.85. The molecule has 41 heavy (non-hydrogen) atoms. The molecule has 1 heterocycles. The summed E-state index contributed by atoms with van der Waals surface area (Å²) < 4.78 is 27.7. The van der Waals surface area contributed by atoms with Gasteiger partial charge >= 0.3 is 11.9 Å². The van der Waals surface area contributed by atoms with E-state index in [1.165, 1.54) is 12.1 Å². The molecule has 0 aliphatic rings. The van der Waals surface area contributed by atoms with Gasteiger partial charge in [0.15, 0.2) is 0 Å². The van der Waals surface area contributed by atoms with Crippen molar-refractivity contribution in [3.8, 4) is 11.5 Å². The van der Waals surface area contributed by atoms with E-state index in [1.807, 2.05) is 72.8 Å². The van der Waals surface area contributed by atoms with E-state index in [1.54, 1.807) is 17.6 Å². The third-order valence-electron chi connectivity index (χ3n) is 6.59. The summed E-state index contributed by atoms with van der Waals surface area (Å²) >= 11 is 0. The van der Waals surface area contributed by atoms with Gasteiger partial charge < -0.3 is 24.3 Å². The highest BCUT2D eigenvalue weighted by Crippen LogP contribution is 2.32. The first-order valence-electron chi connectivity index (χ1n) is 13.3. The van der Waals surface area contributed by atoms with Gasteiger partial charge in [0.2, 0.25) is 0 Å². The number of ether oxygens (including phenoxy) is 2. The first kappa shape index (κ1) is 29.1. The Bertz CT molecular complexity index is 1550. The Morgan fingerprint density at radius 3 is 2.17 bits per heavy atom. The molecule has 1 aromatic heterocycles. The summed E-state index contributed by atoms with van der Waals surface area (Å²) in [5, 5.41) is 19.1. The van der Waals surface area contributed by atoms with Gasteiger partial charge in [-0.3, -0.25) is 9.59 Å². The SMILES string of the molecule is Cc1c(CCCC(=O)O)c2cc(F)cc(C=Cc3ccc(OC/C=C/COc4ccccc4)cc3)c2n1CC(=O)O. The van der Waals surface area contributed by atoms with Crippen molar-refractivity contribution in [3.05, 3.63) is 107 Å². The second-order valence-electron chi connectivity index (χ2n) is 9.49. The summed E-state index contributed by atoms with van der Waals surface area (Å²) in [6.07, 6.45) is 8.12. The third kappa shape index (κ3) is 8.08. The van der Waals surface area contributed by atoms with Crippen LogP contribution < -0.4 is 9.47 Å². The number of carbonyl (C=O) groups is 2. The largest absolute Gasteiger partial charge is 0.490 e. The normalized spacial score (nSPS) is 11.5. The van der Waals surface area contributed by atoms with Crippen molar-refractivity contribution in [1.82, 2.24) is 4.57 Å². The van der Waals surface area contributed by atoms with Crippen molar-refractivity contribution in [3.63, 3.8) is 0 Å². The Morgan fingerprint density at radius 2 is 1.54 bits per heavy atom. The van der Waals surface area contributed by atoms with Gasteiger partial charge in [0.25, 0.3) is 0 Å². The maximum absolute atomic E-state index is 14.7. The molecule has 4 rings (SSSR count). The summed E-state index contributed by atoms with van der Waals surface area (Å²) in [5.41, 5.74) is 3.46. The average molecular weight is 558 g/mol. The van der Waals surface area contributed by atoms with Crippen LogP contribution in [0.1, 0.15) is 35.2 Å². The molecule has 212 valence electrons. The fourth-order valence-electron chi connectivity index (χ4n) is 4.67. The number of hydrogen-bond acceptors (Lipinski definition) is 4. The van der Waals surface area contributed by atoms with Crippen LogP contribution in [-0.4, -0.2) is 39.9 Å². The Morgan fingerprint density at radius 1 is 0.878 bits per heavy atom. The molecule has 4 aromatic rings. The van der Waals surface area contributed by atoms with E-state index in [2.05, 4.69) is 0 Å². The van der Waals surface area contributed by atoms with Crippen LogP contribution >= 0.6 is 0 Å². The highest BCUT2D eigenvalue weighted by Gasteiger charge is 2.19. The van der Waals surface area contributed by atoms with Gasteiger partial charge in [-0.25, -0.2) is 4.39 Å². The van der Waals surface area contributed by atoms with Crippen LogP contribution in [0.4, 0.5) is 4.39 Å². The molecule has 0 aliphatic heterocycles. The minimum absolute atomic E-state index is 0.0220. The van der Waals surface area contributed by atoms with Gasteiger partial charge in [-0.1, -0.05) is 42.5 Å². The smallest absolute Gasteiger partial charge is 0.323 e. The van der Waals surface area contributed by atoms with E-state index >= 15 is 0 Å². The summed E-state index contributed by atoms with van der Waals surface area (Å²) in [6.45, 7) is 2.34. The maximum Gasteiger partial charge on any atom is 0.323 e. The Kier molecular flexibility index (Phi) is 9.94. The predicted octanol–water partition coefficient (Wildman–Crippen LogP) is 6.77. The number of aliphatic carboxylic acids is 2. The zero-order chi connectivity index (χ0) is 29.2. The van der Waals surface area contributed by atoms with E-state index in [0.29, 0.717) is 54.0 Å². The second kappa shape index (κ2) is 14.0. The van der Waals surface area contributed by atoms with Crippen LogP contribution in [0.3, 0.4) is 0 Å². The molecule has 7 nitrogen and oxygen atoms in total. The predicted molar refractivity (Wildman–Crippen MR) is 157 cm³/mol. The molecule has 0 radical (unpaired) electrons. The van der Waals surface area contributed by atoms with Crippen LogP contribution in [0.25, 0.3) is 23.1 Å². The average Bonchev–Trinajstić information content (AvgIpc) is 3.20. The topological polar surface area (TPSA) is 98.0 Å². The summed E-state index contributed by atoms with van der Waals surface area (Å²) in [5.74, 6) is -0.874. The molecule has 0 saturated carbocycles. The number of carboxylic acid groups (broad SMARTS) is 2. The zero-order valence-electron chi connectivity index (χ0n) is 22.8. The zero-order valence-corrected chi connectivity index (χ0v) is 22.8. The lowest BCUT2D eigenvalue weighted by atomic mass is 10.0. The molecule has 8 heteroatoms. The van der Waals surface area contributed by atoms with Gasteiger partial charge in [0, 0.05) is 23.1 Å². The number of halogens is 1. The van der Waals surface area contributed by atoms with Gasteiger partial charge in [-0.15, -0.1) is 0 Å². The summed E-state index contributed by atoms with van der Waals surface area (Å²) in [6, 6.07) is 19.8. The molecule has 3 aromatic carbocycles. The van der Waals surface area contributed by atoms with E-state index < -0.39 is 17.8 Å². The van der Waals surface area contributed by atoms with Gasteiger partial charge in [-0.2, -0.15) is 0 Å². The summed E-state index contributed by atoms with van der Waals surface area (Å²) in [7, 11) is 0. The van der Waals surface area contributed by atoms with Crippen molar-refractivity contribution < 1.29 is 33.7 Å². The Balaban J connectivity index is 1.46. The number of aryl methyl sites for hydroxylation is 1. The molecule has 0 bridgehead atoms. The first-order chi connectivity index (χ1) is 19.8. The van der Waals surface area contributed by atoms with Crippen molar-refractivity contribution in [2.24, 2.45) is 0 Å². The van der Waals surface area contributed by atoms with Crippen LogP contribution in [-0.2, 0) is 22.6 Å². The number of rotatable bonds is 14. The molecule has 2 N–H and O–H groups in total. The lowest BCUT2D eigenvalue weighted by Crippen LogP contribution is -2.10. The van der Waals surface area contributed by atoms with Crippen molar-refractivity contribution in [2.75, 3.05) is 13.2 Å². The minimum atomic E-state index is -1.02. The number of benzene rings is 3.